The smallest absolute Gasteiger partial charge is 0.338 e. The summed E-state index contributed by atoms with van der Waals surface area (Å²) in [7, 11) is 4.00. The van der Waals surface area contributed by atoms with E-state index in [2.05, 4.69) is 27.3 Å². The van der Waals surface area contributed by atoms with Crippen molar-refractivity contribution in [1.82, 2.24) is 9.97 Å². The van der Waals surface area contributed by atoms with Gasteiger partial charge in [0.1, 0.15) is 5.82 Å². The van der Waals surface area contributed by atoms with E-state index in [1.54, 1.807) is 12.1 Å². The summed E-state index contributed by atoms with van der Waals surface area (Å²) in [4.78, 5) is 23.7. The number of fused-ring (bicyclic) bond motifs is 1. The van der Waals surface area contributed by atoms with Crippen molar-refractivity contribution in [2.45, 2.75) is 31.7 Å². The van der Waals surface area contributed by atoms with Gasteiger partial charge < -0.3 is 15.0 Å². The lowest BCUT2D eigenvalue weighted by Gasteiger charge is -2.29. The first-order valence-electron chi connectivity index (χ1n) is 10.6. The SMILES string of the molecule is CN(C)c1nc(N[C@H]2CC[C@@H](COC(=O)c3cccc(Br)c3)CC2)nc2ccccc12. The van der Waals surface area contributed by atoms with E-state index in [0.717, 1.165) is 46.9 Å². The molecule has 0 aliphatic heterocycles. The Morgan fingerprint density at radius 1 is 1.10 bits per heavy atom. The van der Waals surface area contributed by atoms with E-state index in [1.165, 1.54) is 0 Å². The van der Waals surface area contributed by atoms with E-state index in [4.69, 9.17) is 14.7 Å². The third-order valence-corrected chi connectivity index (χ3v) is 6.19. The van der Waals surface area contributed by atoms with Crippen LogP contribution in [0.2, 0.25) is 0 Å². The van der Waals surface area contributed by atoms with Crippen molar-refractivity contribution >= 4 is 44.6 Å². The Morgan fingerprint density at radius 3 is 2.61 bits per heavy atom. The molecule has 1 aliphatic rings. The minimum Gasteiger partial charge on any atom is -0.462 e. The Hall–Kier alpha value is -2.67. The lowest BCUT2D eigenvalue weighted by Crippen LogP contribution is -2.29. The van der Waals surface area contributed by atoms with Crippen molar-refractivity contribution in [2.75, 3.05) is 30.9 Å². The largest absolute Gasteiger partial charge is 0.462 e. The van der Waals surface area contributed by atoms with Crippen LogP contribution >= 0.6 is 15.9 Å². The maximum absolute atomic E-state index is 12.3. The number of carbonyl (C=O) groups is 1. The van der Waals surface area contributed by atoms with Crippen LogP contribution in [0.25, 0.3) is 10.9 Å². The molecule has 1 aliphatic carbocycles. The van der Waals surface area contributed by atoms with Crippen LogP contribution in [0.15, 0.2) is 53.0 Å². The highest BCUT2D eigenvalue weighted by molar-refractivity contribution is 9.10. The number of anilines is 2. The highest BCUT2D eigenvalue weighted by atomic mass is 79.9. The van der Waals surface area contributed by atoms with E-state index in [1.807, 2.05) is 49.3 Å². The molecular formula is C24H27BrN4O2. The molecule has 0 bridgehead atoms. The van der Waals surface area contributed by atoms with E-state index in [0.29, 0.717) is 30.1 Å². The van der Waals surface area contributed by atoms with Gasteiger partial charge in [0, 0.05) is 30.0 Å². The summed E-state index contributed by atoms with van der Waals surface area (Å²) >= 11 is 3.39. The van der Waals surface area contributed by atoms with Gasteiger partial charge in [-0.05, 0) is 61.9 Å². The second kappa shape index (κ2) is 9.64. The molecule has 6 nitrogen and oxygen atoms in total. The standard InChI is InChI=1S/C24H27BrN4O2/c1-29(2)22-20-8-3-4-9-21(20)27-24(28-22)26-19-12-10-16(11-13-19)15-31-23(30)17-6-5-7-18(25)14-17/h3-9,14,16,19H,10-13,15H2,1-2H3,(H,26,27,28)/t16-,19+. The van der Waals surface area contributed by atoms with Crippen molar-refractivity contribution < 1.29 is 9.53 Å². The van der Waals surface area contributed by atoms with Crippen molar-refractivity contribution in [3.63, 3.8) is 0 Å². The van der Waals surface area contributed by atoms with Crippen LogP contribution in [0, 0.1) is 5.92 Å². The first-order chi connectivity index (χ1) is 15.0. The number of esters is 1. The minimum atomic E-state index is -0.262. The van der Waals surface area contributed by atoms with Crippen LogP contribution in [0.1, 0.15) is 36.0 Å². The Kier molecular flexibility index (Phi) is 6.70. The van der Waals surface area contributed by atoms with Gasteiger partial charge in [-0.25, -0.2) is 9.78 Å². The molecule has 3 aromatic rings. The lowest BCUT2D eigenvalue weighted by atomic mass is 9.86. The fraction of sp³-hybridized carbons (Fsp3) is 0.375. The number of hydrogen-bond donors (Lipinski definition) is 1. The summed E-state index contributed by atoms with van der Waals surface area (Å²) < 4.78 is 6.43. The van der Waals surface area contributed by atoms with Crippen LogP contribution in [0.4, 0.5) is 11.8 Å². The van der Waals surface area contributed by atoms with E-state index >= 15 is 0 Å². The highest BCUT2D eigenvalue weighted by Gasteiger charge is 2.23. The van der Waals surface area contributed by atoms with Crippen LogP contribution in [0.5, 0.6) is 0 Å². The number of hydrogen-bond acceptors (Lipinski definition) is 6. The molecule has 0 amide bonds. The number of nitrogens with one attached hydrogen (secondary N) is 1. The Bertz CT molecular complexity index is 1060. The topological polar surface area (TPSA) is 67.3 Å². The molecule has 7 heteroatoms. The van der Waals surface area contributed by atoms with E-state index in [9.17, 15) is 4.79 Å². The maximum Gasteiger partial charge on any atom is 0.338 e. The summed E-state index contributed by atoms with van der Waals surface area (Å²) in [6, 6.07) is 15.7. The zero-order chi connectivity index (χ0) is 21.8. The summed E-state index contributed by atoms with van der Waals surface area (Å²) in [5, 5.41) is 4.57. The number of rotatable bonds is 6. The van der Waals surface area contributed by atoms with Gasteiger partial charge in [-0.3, -0.25) is 0 Å². The van der Waals surface area contributed by atoms with Gasteiger partial charge >= 0.3 is 5.97 Å². The number of aromatic nitrogens is 2. The van der Waals surface area contributed by atoms with Gasteiger partial charge in [0.05, 0.1) is 17.7 Å². The second-order valence-electron chi connectivity index (χ2n) is 8.25. The minimum absolute atomic E-state index is 0.262. The molecule has 0 spiro atoms. The Labute approximate surface area is 191 Å². The number of para-hydroxylation sites is 1. The summed E-state index contributed by atoms with van der Waals surface area (Å²) in [6.45, 7) is 0.468. The average Bonchev–Trinajstić information content (AvgIpc) is 2.77. The molecule has 1 saturated carbocycles. The van der Waals surface area contributed by atoms with Gasteiger partial charge in [0.15, 0.2) is 0 Å². The van der Waals surface area contributed by atoms with Gasteiger partial charge in [0.2, 0.25) is 5.95 Å². The lowest BCUT2D eigenvalue weighted by molar-refractivity contribution is 0.0407. The Morgan fingerprint density at radius 2 is 1.87 bits per heavy atom. The van der Waals surface area contributed by atoms with Gasteiger partial charge in [0.25, 0.3) is 0 Å². The maximum atomic E-state index is 12.3. The van der Waals surface area contributed by atoms with Gasteiger partial charge in [-0.1, -0.05) is 34.1 Å². The molecule has 1 N–H and O–H groups in total. The molecule has 4 rings (SSSR count). The molecule has 162 valence electrons. The molecule has 2 aromatic carbocycles. The average molecular weight is 483 g/mol. The third-order valence-electron chi connectivity index (χ3n) is 5.70. The van der Waals surface area contributed by atoms with Crippen LogP contribution in [-0.2, 0) is 4.74 Å². The predicted molar refractivity (Wildman–Crippen MR) is 128 cm³/mol. The second-order valence-corrected chi connectivity index (χ2v) is 9.17. The molecular weight excluding hydrogens is 456 g/mol. The van der Waals surface area contributed by atoms with Crippen molar-refractivity contribution in [3.8, 4) is 0 Å². The molecule has 0 atom stereocenters. The number of halogens is 1. The van der Waals surface area contributed by atoms with Crippen LogP contribution in [-0.4, -0.2) is 42.7 Å². The molecule has 1 heterocycles. The number of ether oxygens (including phenoxy) is 1. The third kappa shape index (κ3) is 5.34. The molecule has 0 saturated heterocycles. The molecule has 31 heavy (non-hydrogen) atoms. The van der Waals surface area contributed by atoms with Crippen LogP contribution < -0.4 is 10.2 Å². The molecule has 1 aromatic heterocycles. The summed E-state index contributed by atoms with van der Waals surface area (Å²) in [6.07, 6.45) is 4.04. The predicted octanol–water partition coefficient (Wildman–Crippen LogP) is 5.29. The first kappa shape index (κ1) is 21.6. The van der Waals surface area contributed by atoms with Crippen molar-refractivity contribution in [1.29, 1.82) is 0 Å². The monoisotopic (exact) mass is 482 g/mol. The summed E-state index contributed by atoms with van der Waals surface area (Å²) in [5.41, 5.74) is 1.52. The molecule has 0 radical (unpaired) electrons. The fourth-order valence-electron chi connectivity index (χ4n) is 4.01. The van der Waals surface area contributed by atoms with Gasteiger partial charge in [-0.2, -0.15) is 4.98 Å². The zero-order valence-electron chi connectivity index (χ0n) is 17.8. The quantitative estimate of drug-likeness (QED) is 0.481. The van der Waals surface area contributed by atoms with Crippen molar-refractivity contribution in [2.24, 2.45) is 5.92 Å². The van der Waals surface area contributed by atoms with Crippen LogP contribution in [0.3, 0.4) is 0 Å². The number of carbonyl (C=O) groups excluding carboxylic acids is 1. The highest BCUT2D eigenvalue weighted by Crippen LogP contribution is 2.28. The fourth-order valence-corrected chi connectivity index (χ4v) is 4.41. The normalized spacial score (nSPS) is 18.5. The Balaban J connectivity index is 1.32. The van der Waals surface area contributed by atoms with E-state index < -0.39 is 0 Å². The molecule has 0 unspecified atom stereocenters. The van der Waals surface area contributed by atoms with Crippen molar-refractivity contribution in [3.05, 3.63) is 58.6 Å². The molecule has 1 fully saturated rings. The van der Waals surface area contributed by atoms with E-state index in [-0.39, 0.29) is 5.97 Å². The first-order valence-corrected chi connectivity index (χ1v) is 11.4. The number of benzene rings is 2. The van der Waals surface area contributed by atoms with Gasteiger partial charge in [-0.15, -0.1) is 0 Å². The summed E-state index contributed by atoms with van der Waals surface area (Å²) in [5.74, 6) is 1.72. The number of nitrogens with zero attached hydrogens (tertiary/aromatic N) is 3. The zero-order valence-corrected chi connectivity index (χ0v) is 19.4.